The van der Waals surface area contributed by atoms with Crippen LogP contribution in [0.5, 0.6) is 5.88 Å². The van der Waals surface area contributed by atoms with E-state index in [0.717, 1.165) is 32.7 Å². The van der Waals surface area contributed by atoms with Gasteiger partial charge in [-0.25, -0.2) is 9.67 Å². The summed E-state index contributed by atoms with van der Waals surface area (Å²) in [6.45, 7) is 0. The average Bonchev–Trinajstić information content (AvgIpc) is 3.27. The van der Waals surface area contributed by atoms with Crippen LogP contribution in [0.4, 0.5) is 5.13 Å². The van der Waals surface area contributed by atoms with Crippen LogP contribution in [0.25, 0.3) is 0 Å². The number of aryl methyl sites for hydroxylation is 1. The Morgan fingerprint density at radius 1 is 1.34 bits per heavy atom. The van der Waals surface area contributed by atoms with Crippen LogP contribution >= 0.6 is 34.9 Å². The predicted octanol–water partition coefficient (Wildman–Crippen LogP) is -9.16. The van der Waals surface area contributed by atoms with E-state index in [0.29, 0.717) is 5.57 Å². The van der Waals surface area contributed by atoms with Gasteiger partial charge in [-0.2, -0.15) is 10.1 Å². The minimum Gasteiger partial charge on any atom is -0.854 e. The third-order valence-electron chi connectivity index (χ3n) is 4.96. The Bertz CT molecular complexity index is 1380. The molecule has 2 aromatic heterocycles. The van der Waals surface area contributed by atoms with Crippen molar-refractivity contribution in [1.29, 1.82) is 0 Å². The SMILES string of the molecule is CO/N=C(/C(=O)NC1C(=O)N2C(C(=O)[O-])=C(CSc3nc(=O)c([O-])nn3C)CSC12)c1csc(N)n1.[Na+].[Na+]. The van der Waals surface area contributed by atoms with Crippen LogP contribution in [0.1, 0.15) is 5.69 Å². The number of β-lactam (4-membered cyclic amide) rings is 1. The Balaban J connectivity index is 0.00000253. The summed E-state index contributed by atoms with van der Waals surface area (Å²) in [6.07, 6.45) is 0. The number of carboxylic acids is 1. The first-order valence-electron chi connectivity index (χ1n) is 9.89. The molecule has 1 saturated heterocycles. The number of amides is 2. The zero-order chi connectivity index (χ0) is 26.1. The summed E-state index contributed by atoms with van der Waals surface area (Å²) in [6, 6.07) is -1.03. The number of thiazole rings is 1. The second-order valence-corrected chi connectivity index (χ2v) is 10.1. The zero-order valence-electron chi connectivity index (χ0n) is 20.5. The van der Waals surface area contributed by atoms with E-state index in [4.69, 9.17) is 10.6 Å². The van der Waals surface area contributed by atoms with Crippen LogP contribution in [0.15, 0.2) is 31.8 Å². The Kier molecular flexibility index (Phi) is 11.7. The summed E-state index contributed by atoms with van der Waals surface area (Å²) < 4.78 is 1.11. The van der Waals surface area contributed by atoms with Gasteiger partial charge in [0, 0.05) is 23.9 Å². The number of hydrogen-bond donors (Lipinski definition) is 2. The first-order valence-corrected chi connectivity index (χ1v) is 12.8. The van der Waals surface area contributed by atoms with Crippen molar-refractivity contribution in [2.45, 2.75) is 16.6 Å². The number of nitrogens with one attached hydrogen (secondary N) is 1. The maximum absolute atomic E-state index is 12.9. The summed E-state index contributed by atoms with van der Waals surface area (Å²) in [5.74, 6) is -3.74. The van der Waals surface area contributed by atoms with Crippen molar-refractivity contribution in [3.8, 4) is 5.88 Å². The molecule has 2 atom stereocenters. The van der Waals surface area contributed by atoms with Crippen LogP contribution in [-0.2, 0) is 26.3 Å². The summed E-state index contributed by atoms with van der Waals surface area (Å²) in [4.78, 5) is 62.5. The fourth-order valence-electron chi connectivity index (χ4n) is 3.39. The molecule has 2 unspecified atom stereocenters. The van der Waals surface area contributed by atoms with Crippen LogP contribution in [0.2, 0.25) is 0 Å². The van der Waals surface area contributed by atoms with E-state index in [1.165, 1.54) is 31.3 Å². The molecule has 4 rings (SSSR count). The van der Waals surface area contributed by atoms with Crippen molar-refractivity contribution in [3.05, 3.63) is 32.7 Å². The number of anilines is 1. The molecule has 2 aliphatic heterocycles. The van der Waals surface area contributed by atoms with Gasteiger partial charge in [-0.1, -0.05) is 16.9 Å². The molecule has 0 saturated carbocycles. The molecular formula is C18H16N8Na2O7S3. The van der Waals surface area contributed by atoms with Gasteiger partial charge in [0.1, 0.15) is 24.2 Å². The minimum atomic E-state index is -1.57. The molecular weight excluding hydrogens is 582 g/mol. The number of hydrogen-bond acceptors (Lipinski definition) is 15. The summed E-state index contributed by atoms with van der Waals surface area (Å²) in [5, 5.41) is 34.1. The van der Waals surface area contributed by atoms with Crippen molar-refractivity contribution >= 4 is 63.5 Å². The number of rotatable bonds is 8. The third-order valence-corrected chi connectivity index (χ3v) is 8.08. The number of thioether (sulfide) groups is 2. The monoisotopic (exact) mass is 598 g/mol. The Hall–Kier alpha value is -1.64. The maximum Gasteiger partial charge on any atom is 1.00 e. The molecule has 20 heteroatoms. The number of fused-ring (bicyclic) bond motifs is 1. The molecule has 1 fully saturated rings. The second-order valence-electron chi connectivity index (χ2n) is 7.21. The number of nitrogens with zero attached hydrogens (tertiary/aromatic N) is 6. The molecule has 0 radical (unpaired) electrons. The van der Waals surface area contributed by atoms with Gasteiger partial charge >= 0.3 is 59.1 Å². The molecule has 3 N–H and O–H groups in total. The first-order chi connectivity index (χ1) is 17.1. The molecule has 0 aromatic carbocycles. The standard InChI is InChI=1S/C18H18N8O7S3.2Na/c1-25-18(22-12(28)13(29)23-25)36-4-6-3-34-15-9(14(30)26(15)10(6)16(31)32)21-11(27)8(24-33-2)7-5-35-17(19)20-7;;/h5,9,15H,3-4H2,1-2H3,(H2,19,20)(H,21,27)(H,23,29)(H,31,32);;/q;2*+1/p-2/b24-8+;;. The van der Waals surface area contributed by atoms with Crippen LogP contribution < -0.4 is 85.9 Å². The Labute approximate surface area is 271 Å². The van der Waals surface area contributed by atoms with E-state index in [2.05, 4.69) is 25.5 Å². The van der Waals surface area contributed by atoms with Crippen molar-refractivity contribution < 1.29 is 88.5 Å². The molecule has 0 bridgehead atoms. The molecule has 190 valence electrons. The summed E-state index contributed by atoms with van der Waals surface area (Å²) >= 11 is 3.31. The van der Waals surface area contributed by atoms with Gasteiger partial charge in [-0.15, -0.1) is 23.1 Å². The third kappa shape index (κ3) is 6.56. The quantitative estimate of drug-likeness (QED) is 0.0949. The van der Waals surface area contributed by atoms with E-state index >= 15 is 0 Å². The van der Waals surface area contributed by atoms with Crippen molar-refractivity contribution in [2.75, 3.05) is 24.3 Å². The van der Waals surface area contributed by atoms with Crippen molar-refractivity contribution in [3.63, 3.8) is 0 Å². The maximum atomic E-state index is 12.9. The second kappa shape index (κ2) is 13.6. The largest absolute Gasteiger partial charge is 1.00 e. The van der Waals surface area contributed by atoms with Crippen molar-refractivity contribution in [2.24, 2.45) is 12.2 Å². The van der Waals surface area contributed by atoms with Gasteiger partial charge in [0.2, 0.25) is 0 Å². The predicted molar refractivity (Wildman–Crippen MR) is 125 cm³/mol. The number of carboxylic acid groups (broad SMARTS) is 1. The first kappa shape index (κ1) is 32.6. The van der Waals surface area contributed by atoms with E-state index < -0.39 is 40.6 Å². The van der Waals surface area contributed by atoms with Gasteiger partial charge in [-0.05, 0) is 5.57 Å². The van der Waals surface area contributed by atoms with Gasteiger partial charge < -0.3 is 30.9 Å². The molecule has 0 spiro atoms. The summed E-state index contributed by atoms with van der Waals surface area (Å²) in [5.41, 5.74) is 4.57. The Morgan fingerprint density at radius 3 is 2.66 bits per heavy atom. The summed E-state index contributed by atoms with van der Waals surface area (Å²) in [7, 11) is 2.66. The minimum absolute atomic E-state index is 0. The number of nitrogen functional groups attached to an aromatic ring is 1. The van der Waals surface area contributed by atoms with Gasteiger partial charge in [0.05, 0.1) is 17.5 Å². The molecule has 15 nitrogen and oxygen atoms in total. The van der Waals surface area contributed by atoms with Gasteiger partial charge in [0.25, 0.3) is 17.4 Å². The topological polar surface area (TPSA) is 221 Å². The number of aliphatic carboxylic acids is 1. The molecule has 2 aromatic rings. The fraction of sp³-hybridized carbons (Fsp3) is 0.333. The molecule has 2 amide bonds. The number of nitrogens with two attached hydrogens (primary N) is 1. The normalized spacial score (nSPS) is 18.5. The molecule has 2 aliphatic rings. The number of aromatic nitrogens is 4. The van der Waals surface area contributed by atoms with Crippen molar-refractivity contribution in [1.82, 2.24) is 30.0 Å². The number of oxime groups is 1. The molecule has 38 heavy (non-hydrogen) atoms. The fourth-order valence-corrected chi connectivity index (χ4v) is 6.33. The number of carbonyl (C=O) groups is 3. The van der Waals surface area contributed by atoms with E-state index in [9.17, 15) is 29.4 Å². The van der Waals surface area contributed by atoms with Crippen LogP contribution in [0.3, 0.4) is 0 Å². The Morgan fingerprint density at radius 2 is 2.05 bits per heavy atom. The zero-order valence-corrected chi connectivity index (χ0v) is 26.9. The number of carbonyl (C=O) groups excluding carboxylic acids is 3. The average molecular weight is 599 g/mol. The molecule has 4 heterocycles. The van der Waals surface area contributed by atoms with Gasteiger partial charge in [0.15, 0.2) is 16.0 Å². The van der Waals surface area contributed by atoms with Crippen LogP contribution in [-0.4, -0.2) is 78.2 Å². The van der Waals surface area contributed by atoms with E-state index in [-0.39, 0.29) is 98.0 Å². The smallest absolute Gasteiger partial charge is 0.854 e. The van der Waals surface area contributed by atoms with Gasteiger partial charge in [-0.3, -0.25) is 19.3 Å². The molecule has 0 aliphatic carbocycles. The van der Waals surface area contributed by atoms with E-state index in [1.54, 1.807) is 0 Å². The van der Waals surface area contributed by atoms with E-state index in [1.807, 2.05) is 0 Å². The van der Waals surface area contributed by atoms with Crippen LogP contribution in [0, 0.1) is 0 Å².